The first kappa shape index (κ1) is 14.4. The van der Waals surface area contributed by atoms with Gasteiger partial charge in [-0.25, -0.2) is 0 Å². The van der Waals surface area contributed by atoms with Crippen molar-refractivity contribution in [2.24, 2.45) is 23.2 Å². The number of hydrogen-bond acceptors (Lipinski definition) is 3. The van der Waals surface area contributed by atoms with Crippen LogP contribution in [0.3, 0.4) is 0 Å². The van der Waals surface area contributed by atoms with E-state index in [2.05, 4.69) is 13.8 Å². The van der Waals surface area contributed by atoms with Crippen molar-refractivity contribution in [2.45, 2.75) is 40.0 Å². The lowest BCUT2D eigenvalue weighted by Gasteiger charge is -2.30. The first-order valence-corrected chi connectivity index (χ1v) is 7.23. The van der Waals surface area contributed by atoms with Crippen molar-refractivity contribution in [1.82, 2.24) is 4.90 Å². The van der Waals surface area contributed by atoms with E-state index >= 15 is 0 Å². The van der Waals surface area contributed by atoms with Crippen molar-refractivity contribution in [3.63, 3.8) is 0 Å². The highest BCUT2D eigenvalue weighted by molar-refractivity contribution is 5.82. The topological polar surface area (TPSA) is 46.6 Å². The number of methoxy groups -OCH3 is 1. The predicted molar refractivity (Wildman–Crippen MR) is 72.4 cm³/mol. The number of rotatable bonds is 2. The zero-order chi connectivity index (χ0) is 14.2. The Balaban J connectivity index is 2.04. The van der Waals surface area contributed by atoms with Crippen molar-refractivity contribution >= 4 is 11.9 Å². The van der Waals surface area contributed by atoms with Crippen molar-refractivity contribution in [3.8, 4) is 0 Å². The molecule has 0 aromatic carbocycles. The van der Waals surface area contributed by atoms with E-state index in [0.29, 0.717) is 13.1 Å². The third kappa shape index (κ3) is 2.63. The highest BCUT2D eigenvalue weighted by Gasteiger charge is 2.45. The Labute approximate surface area is 115 Å². The number of amides is 1. The lowest BCUT2D eigenvalue weighted by molar-refractivity contribution is -0.146. The Morgan fingerprint density at radius 3 is 2.47 bits per heavy atom. The number of nitrogens with zero attached hydrogens (tertiary/aromatic N) is 1. The largest absolute Gasteiger partial charge is 0.469 e. The molecule has 1 heterocycles. The van der Waals surface area contributed by atoms with E-state index in [0.717, 1.165) is 19.3 Å². The van der Waals surface area contributed by atoms with Crippen LogP contribution in [0.4, 0.5) is 0 Å². The quantitative estimate of drug-likeness (QED) is 0.720. The normalized spacial score (nSPS) is 33.5. The fraction of sp³-hybridized carbons (Fsp3) is 0.867. The van der Waals surface area contributed by atoms with E-state index < -0.39 is 0 Å². The summed E-state index contributed by atoms with van der Waals surface area (Å²) in [6.07, 6.45) is 3.24. The number of hydrogen-bond donors (Lipinski definition) is 0. The minimum absolute atomic E-state index is 0.101. The molecule has 1 aliphatic heterocycles. The minimum Gasteiger partial charge on any atom is -0.469 e. The van der Waals surface area contributed by atoms with Gasteiger partial charge in [-0.15, -0.1) is 0 Å². The second kappa shape index (κ2) is 5.14. The molecule has 0 radical (unpaired) electrons. The lowest BCUT2D eigenvalue weighted by Crippen LogP contribution is -2.39. The standard InChI is InChI=1S/C15H25NO3/c1-10-8-16(9-11(10)14(18)19-4)13(17)12-6-5-7-15(12,2)3/h10-12H,5-9H2,1-4H3. The Morgan fingerprint density at radius 2 is 1.95 bits per heavy atom. The fourth-order valence-corrected chi connectivity index (χ4v) is 3.61. The predicted octanol–water partition coefficient (Wildman–Crippen LogP) is 2.08. The molecule has 0 aromatic heterocycles. The molecule has 1 saturated carbocycles. The Bertz CT molecular complexity index is 378. The van der Waals surface area contributed by atoms with Crippen LogP contribution in [0.2, 0.25) is 0 Å². The van der Waals surface area contributed by atoms with Gasteiger partial charge in [0, 0.05) is 19.0 Å². The van der Waals surface area contributed by atoms with Crippen molar-refractivity contribution in [2.75, 3.05) is 20.2 Å². The summed E-state index contributed by atoms with van der Waals surface area (Å²) >= 11 is 0. The first-order chi connectivity index (χ1) is 8.86. The van der Waals surface area contributed by atoms with E-state index in [1.54, 1.807) is 0 Å². The zero-order valence-electron chi connectivity index (χ0n) is 12.4. The molecule has 3 unspecified atom stereocenters. The van der Waals surface area contributed by atoms with Gasteiger partial charge in [0.05, 0.1) is 13.0 Å². The molecule has 1 aliphatic carbocycles. The number of ether oxygens (including phenoxy) is 1. The maximum atomic E-state index is 12.6. The number of carbonyl (C=O) groups is 2. The number of carbonyl (C=O) groups excluding carboxylic acids is 2. The van der Waals surface area contributed by atoms with Crippen LogP contribution in [-0.2, 0) is 14.3 Å². The monoisotopic (exact) mass is 267 g/mol. The summed E-state index contributed by atoms with van der Waals surface area (Å²) in [6.45, 7) is 7.60. The van der Waals surface area contributed by atoms with E-state index in [1.165, 1.54) is 7.11 Å². The molecule has 108 valence electrons. The van der Waals surface area contributed by atoms with Crippen molar-refractivity contribution < 1.29 is 14.3 Å². The average molecular weight is 267 g/mol. The Kier molecular flexibility index (Phi) is 3.88. The molecule has 0 spiro atoms. The molecule has 2 rings (SSSR count). The third-order valence-corrected chi connectivity index (χ3v) is 4.98. The summed E-state index contributed by atoms with van der Waals surface area (Å²) in [5.74, 6) is 0.213. The van der Waals surface area contributed by atoms with Crippen molar-refractivity contribution in [3.05, 3.63) is 0 Å². The van der Waals surface area contributed by atoms with E-state index in [1.807, 2.05) is 11.8 Å². The number of esters is 1. The summed E-state index contributed by atoms with van der Waals surface area (Å²) in [7, 11) is 1.42. The summed E-state index contributed by atoms with van der Waals surface area (Å²) in [6, 6.07) is 0. The maximum absolute atomic E-state index is 12.6. The molecule has 19 heavy (non-hydrogen) atoms. The molecule has 0 aromatic rings. The van der Waals surface area contributed by atoms with Crippen LogP contribution < -0.4 is 0 Å². The summed E-state index contributed by atoms with van der Waals surface area (Å²) in [4.78, 5) is 26.2. The molecule has 2 aliphatic rings. The van der Waals surface area contributed by atoms with Crippen LogP contribution in [0.1, 0.15) is 40.0 Å². The molecule has 3 atom stereocenters. The zero-order valence-corrected chi connectivity index (χ0v) is 12.4. The minimum atomic E-state index is -0.187. The molecule has 4 nitrogen and oxygen atoms in total. The SMILES string of the molecule is COC(=O)C1CN(C(=O)C2CCCC2(C)C)CC1C. The van der Waals surface area contributed by atoms with E-state index in [-0.39, 0.29) is 35.0 Å². The molecular formula is C15H25NO3. The van der Waals surface area contributed by atoms with Gasteiger partial charge < -0.3 is 9.64 Å². The van der Waals surface area contributed by atoms with Crippen LogP contribution in [0.15, 0.2) is 0 Å². The average Bonchev–Trinajstić information content (AvgIpc) is 2.90. The summed E-state index contributed by atoms with van der Waals surface area (Å²) < 4.78 is 4.82. The Hall–Kier alpha value is -1.06. The van der Waals surface area contributed by atoms with Gasteiger partial charge in [0.25, 0.3) is 0 Å². The molecule has 0 bridgehead atoms. The highest BCUT2D eigenvalue weighted by Crippen LogP contribution is 2.44. The third-order valence-electron chi connectivity index (χ3n) is 4.98. The lowest BCUT2D eigenvalue weighted by atomic mass is 9.81. The molecular weight excluding hydrogens is 242 g/mol. The van der Waals surface area contributed by atoms with Gasteiger partial charge in [-0.05, 0) is 24.2 Å². The van der Waals surface area contributed by atoms with Gasteiger partial charge in [-0.1, -0.05) is 27.2 Å². The molecule has 4 heteroatoms. The van der Waals surface area contributed by atoms with Crippen LogP contribution >= 0.6 is 0 Å². The second-order valence-corrected chi connectivity index (χ2v) is 6.78. The van der Waals surface area contributed by atoms with Crippen LogP contribution in [0, 0.1) is 23.2 Å². The van der Waals surface area contributed by atoms with Crippen LogP contribution in [0.25, 0.3) is 0 Å². The van der Waals surface area contributed by atoms with Gasteiger partial charge in [-0.2, -0.15) is 0 Å². The van der Waals surface area contributed by atoms with Crippen LogP contribution in [-0.4, -0.2) is 37.0 Å². The molecule has 2 fully saturated rings. The molecule has 0 N–H and O–H groups in total. The van der Waals surface area contributed by atoms with Gasteiger partial charge in [0.2, 0.25) is 5.91 Å². The summed E-state index contributed by atoms with van der Waals surface area (Å²) in [5.41, 5.74) is 0.101. The second-order valence-electron chi connectivity index (χ2n) is 6.78. The van der Waals surface area contributed by atoms with Gasteiger partial charge in [0.15, 0.2) is 0 Å². The Morgan fingerprint density at radius 1 is 1.26 bits per heavy atom. The van der Waals surface area contributed by atoms with Crippen molar-refractivity contribution in [1.29, 1.82) is 0 Å². The van der Waals surface area contributed by atoms with E-state index in [9.17, 15) is 9.59 Å². The smallest absolute Gasteiger partial charge is 0.310 e. The molecule has 1 saturated heterocycles. The van der Waals surface area contributed by atoms with E-state index in [4.69, 9.17) is 4.74 Å². The highest BCUT2D eigenvalue weighted by atomic mass is 16.5. The fourth-order valence-electron chi connectivity index (χ4n) is 3.61. The summed E-state index contributed by atoms with van der Waals surface area (Å²) in [5, 5.41) is 0. The van der Waals surface area contributed by atoms with Gasteiger partial charge in [0.1, 0.15) is 0 Å². The first-order valence-electron chi connectivity index (χ1n) is 7.23. The maximum Gasteiger partial charge on any atom is 0.310 e. The number of likely N-dealkylation sites (tertiary alicyclic amines) is 1. The van der Waals surface area contributed by atoms with Crippen LogP contribution in [0.5, 0.6) is 0 Å². The molecule has 1 amide bonds. The van der Waals surface area contributed by atoms with Gasteiger partial charge >= 0.3 is 5.97 Å². The van der Waals surface area contributed by atoms with Gasteiger partial charge in [-0.3, -0.25) is 9.59 Å².